The summed E-state index contributed by atoms with van der Waals surface area (Å²) < 4.78 is 0. The molecule has 0 aromatic rings. The highest BCUT2D eigenvalue weighted by Gasteiger charge is 2.50. The van der Waals surface area contributed by atoms with Crippen molar-refractivity contribution in [3.63, 3.8) is 0 Å². The molecule has 2 aliphatic rings. The van der Waals surface area contributed by atoms with Crippen LogP contribution in [-0.2, 0) is 0 Å². The van der Waals surface area contributed by atoms with Gasteiger partial charge in [-0.2, -0.15) is 14.1 Å². The Balaban J connectivity index is 2.26. The van der Waals surface area contributed by atoms with Gasteiger partial charge < -0.3 is 15.7 Å². The maximum absolute atomic E-state index is 11.0. The average molecular weight is 349 g/mol. The lowest BCUT2D eigenvalue weighted by atomic mass is 9.52. The lowest BCUT2D eigenvalue weighted by Crippen LogP contribution is -2.60. The number of allylic oxidation sites excluding steroid dienone is 2. The molecule has 7 unspecified atom stereocenters. The molecule has 2 fully saturated rings. The molecule has 2 saturated carbocycles. The highest BCUT2D eigenvalue weighted by Crippen LogP contribution is 2.56. The van der Waals surface area contributed by atoms with E-state index in [0.29, 0.717) is 23.7 Å². The van der Waals surface area contributed by atoms with Gasteiger partial charge in [0, 0.05) is 5.60 Å². The van der Waals surface area contributed by atoms with Gasteiger partial charge in [0.15, 0.2) is 0 Å². The van der Waals surface area contributed by atoms with Crippen LogP contribution in [0.1, 0.15) is 73.1 Å². The van der Waals surface area contributed by atoms with Crippen LogP contribution in [0.2, 0.25) is 0 Å². The number of aliphatic hydroxyl groups is 1. The van der Waals surface area contributed by atoms with Crippen LogP contribution >= 0.6 is 0 Å². The molecular formula is C22H40N2O-2. The van der Waals surface area contributed by atoms with Crippen LogP contribution in [0.5, 0.6) is 0 Å². The Kier molecular flexibility index (Phi) is 6.78. The molecule has 25 heavy (non-hydrogen) atoms. The molecule has 2 aliphatic carbocycles. The molecule has 7 atom stereocenters. The van der Waals surface area contributed by atoms with Gasteiger partial charge in [-0.3, -0.25) is 0 Å². The Morgan fingerprint density at radius 2 is 1.88 bits per heavy atom. The first-order valence-electron chi connectivity index (χ1n) is 10.2. The van der Waals surface area contributed by atoms with Gasteiger partial charge in [-0.25, -0.2) is 0 Å². The summed E-state index contributed by atoms with van der Waals surface area (Å²) >= 11 is 0. The van der Waals surface area contributed by atoms with Crippen molar-refractivity contribution in [2.45, 2.75) is 90.3 Å². The molecule has 0 bridgehead atoms. The Labute approximate surface area is 156 Å². The Hall–Kier alpha value is -0.380. The van der Waals surface area contributed by atoms with E-state index in [4.69, 9.17) is 10.6 Å². The minimum absolute atomic E-state index is 0.0449. The van der Waals surface area contributed by atoms with Crippen LogP contribution in [0.15, 0.2) is 11.6 Å². The fourth-order valence-electron chi connectivity index (χ4n) is 5.76. The van der Waals surface area contributed by atoms with Gasteiger partial charge in [0.05, 0.1) is 0 Å². The van der Waals surface area contributed by atoms with Crippen molar-refractivity contribution in [2.75, 3.05) is 14.1 Å². The summed E-state index contributed by atoms with van der Waals surface area (Å²) in [5, 5.41) is 20.6. The van der Waals surface area contributed by atoms with Crippen molar-refractivity contribution in [1.82, 2.24) is 0 Å². The lowest BCUT2D eigenvalue weighted by Gasteiger charge is -2.66. The molecule has 0 aromatic carbocycles. The number of nitrogens with zero attached hydrogens (tertiary/aromatic N) is 2. The van der Waals surface area contributed by atoms with E-state index in [1.165, 1.54) is 24.8 Å². The van der Waals surface area contributed by atoms with Crippen molar-refractivity contribution in [3.8, 4) is 0 Å². The fourth-order valence-corrected chi connectivity index (χ4v) is 5.76. The summed E-state index contributed by atoms with van der Waals surface area (Å²) in [6.45, 7) is 11.1. The summed E-state index contributed by atoms with van der Waals surface area (Å²) in [5.74, 6) is 2.32. The lowest BCUT2D eigenvalue weighted by molar-refractivity contribution is -0.0825. The molecule has 0 aromatic heterocycles. The smallest absolute Gasteiger partial charge is 0.0463 e. The monoisotopic (exact) mass is 348 g/mol. The van der Waals surface area contributed by atoms with E-state index in [9.17, 15) is 5.11 Å². The van der Waals surface area contributed by atoms with Gasteiger partial charge in [-0.15, -0.1) is 11.6 Å². The van der Waals surface area contributed by atoms with Gasteiger partial charge in [0.2, 0.25) is 0 Å². The molecule has 3 heteroatoms. The van der Waals surface area contributed by atoms with E-state index in [1.54, 1.807) is 0 Å². The second kappa shape index (κ2) is 8.10. The predicted molar refractivity (Wildman–Crippen MR) is 108 cm³/mol. The first-order chi connectivity index (χ1) is 11.7. The molecule has 1 N–H and O–H groups in total. The van der Waals surface area contributed by atoms with E-state index < -0.39 is 5.60 Å². The molecule has 0 saturated heterocycles. The van der Waals surface area contributed by atoms with Crippen LogP contribution in [0.25, 0.3) is 10.6 Å². The number of hydrogen-bond donors (Lipinski definition) is 1. The van der Waals surface area contributed by atoms with Crippen molar-refractivity contribution in [3.05, 3.63) is 22.3 Å². The number of likely N-dealkylation sites (N-methyl/N-ethyl adjacent to an activating group) is 1. The predicted octanol–water partition coefficient (Wildman–Crippen LogP) is 5.69. The zero-order valence-corrected chi connectivity index (χ0v) is 17.5. The molecule has 3 nitrogen and oxygen atoms in total. The van der Waals surface area contributed by atoms with Crippen LogP contribution in [0, 0.1) is 23.7 Å². The highest BCUT2D eigenvalue weighted by atomic mass is 16.3. The van der Waals surface area contributed by atoms with Crippen molar-refractivity contribution in [2.24, 2.45) is 23.7 Å². The van der Waals surface area contributed by atoms with Crippen molar-refractivity contribution < 1.29 is 5.11 Å². The summed E-state index contributed by atoms with van der Waals surface area (Å²) in [6.07, 6.45) is 9.08. The normalized spacial score (nSPS) is 42.6. The second-order valence-corrected chi connectivity index (χ2v) is 9.40. The third kappa shape index (κ3) is 4.31. The van der Waals surface area contributed by atoms with Gasteiger partial charge in [0.25, 0.3) is 0 Å². The summed E-state index contributed by atoms with van der Waals surface area (Å²) in [6, 6.07) is 0.0449. The van der Waals surface area contributed by atoms with E-state index >= 15 is 0 Å². The quantitative estimate of drug-likeness (QED) is 0.616. The zero-order valence-electron chi connectivity index (χ0n) is 17.5. The standard InChI is InChI=1S/C22H40N2O/c1-15(2)9-8-10-16(3)17-11-13-21(4,24-7)18-12-14-22(5,25)20(23-6)19(17)18/h9,16-20,25H,8,10-14H2,1-7H3/q-2. The Bertz CT molecular complexity index is 469. The number of fused-ring (bicyclic) bond motifs is 1. The van der Waals surface area contributed by atoms with Gasteiger partial charge in [-0.05, 0) is 58.3 Å². The maximum Gasteiger partial charge on any atom is 0.0463 e. The van der Waals surface area contributed by atoms with Gasteiger partial charge >= 0.3 is 0 Å². The highest BCUT2D eigenvalue weighted by molar-refractivity contribution is 5.20. The van der Waals surface area contributed by atoms with E-state index in [1.807, 2.05) is 21.0 Å². The molecule has 2 rings (SSSR count). The molecule has 146 valence electrons. The van der Waals surface area contributed by atoms with Gasteiger partial charge in [-0.1, -0.05) is 50.2 Å². The largest absolute Gasteiger partial charge is 0.660 e. The third-order valence-corrected chi connectivity index (χ3v) is 7.40. The maximum atomic E-state index is 11.0. The van der Waals surface area contributed by atoms with Crippen LogP contribution < -0.4 is 0 Å². The molecule has 0 radical (unpaired) electrons. The third-order valence-electron chi connectivity index (χ3n) is 7.40. The molecule has 0 aliphatic heterocycles. The molecular weight excluding hydrogens is 308 g/mol. The minimum atomic E-state index is -0.667. The molecule has 0 amide bonds. The summed E-state index contributed by atoms with van der Waals surface area (Å²) in [4.78, 5) is 0. The first-order valence-corrected chi connectivity index (χ1v) is 10.2. The van der Waals surface area contributed by atoms with Crippen molar-refractivity contribution >= 4 is 0 Å². The number of hydrogen-bond acceptors (Lipinski definition) is 1. The van der Waals surface area contributed by atoms with Crippen LogP contribution in [-0.4, -0.2) is 36.4 Å². The second-order valence-electron chi connectivity index (χ2n) is 9.40. The Morgan fingerprint density at radius 1 is 1.20 bits per heavy atom. The van der Waals surface area contributed by atoms with E-state index in [-0.39, 0.29) is 11.6 Å². The summed E-state index contributed by atoms with van der Waals surface area (Å²) in [7, 11) is 3.89. The van der Waals surface area contributed by atoms with E-state index in [2.05, 4.69) is 33.8 Å². The number of rotatable bonds is 6. The van der Waals surface area contributed by atoms with Crippen molar-refractivity contribution in [1.29, 1.82) is 0 Å². The SMILES string of the molecule is C[N-]C1C2C(C(C)CCC=C(C)C)CCC(C)([N-]C)C2CCC1(C)O. The van der Waals surface area contributed by atoms with E-state index in [0.717, 1.165) is 19.3 Å². The minimum Gasteiger partial charge on any atom is -0.660 e. The molecule has 0 heterocycles. The Morgan fingerprint density at radius 3 is 2.44 bits per heavy atom. The first kappa shape index (κ1) is 20.9. The average Bonchev–Trinajstić information content (AvgIpc) is 2.53. The summed E-state index contributed by atoms with van der Waals surface area (Å²) in [5.41, 5.74) is 0.799. The van der Waals surface area contributed by atoms with Crippen LogP contribution in [0.4, 0.5) is 0 Å². The van der Waals surface area contributed by atoms with Gasteiger partial charge in [0.1, 0.15) is 0 Å². The zero-order chi connectivity index (χ0) is 18.8. The van der Waals surface area contributed by atoms with Crippen LogP contribution in [0.3, 0.4) is 0 Å². The topological polar surface area (TPSA) is 48.4 Å². The fraction of sp³-hybridized carbons (Fsp3) is 0.909. The molecule has 0 spiro atoms.